The molecule has 2 aliphatic carbocycles. The van der Waals surface area contributed by atoms with Crippen molar-refractivity contribution in [1.29, 1.82) is 0 Å². The lowest BCUT2D eigenvalue weighted by Gasteiger charge is -2.36. The smallest absolute Gasteiger partial charge is 0.319 e. The molecule has 6 nitrogen and oxygen atoms in total. The van der Waals surface area contributed by atoms with Gasteiger partial charge in [-0.2, -0.15) is 0 Å². The quantitative estimate of drug-likeness (QED) is 0.569. The number of urea groups is 1. The van der Waals surface area contributed by atoms with Crippen molar-refractivity contribution in [2.24, 2.45) is 11.3 Å². The molecule has 0 aromatic heterocycles. The van der Waals surface area contributed by atoms with E-state index in [1.54, 1.807) is 0 Å². The third kappa shape index (κ3) is 3.79. The molecular weight excluding hydrogens is 444 g/mol. The van der Waals surface area contributed by atoms with E-state index in [4.69, 9.17) is 23.2 Å². The number of hydrogen-bond acceptors (Lipinski definition) is 3. The Morgan fingerprint density at radius 2 is 2.00 bits per heavy atom. The second-order valence-corrected chi connectivity index (χ2v) is 10.4. The molecule has 1 spiro atoms. The first kappa shape index (κ1) is 22.6. The van der Waals surface area contributed by atoms with Crippen LogP contribution in [0, 0.1) is 17.2 Å². The summed E-state index contributed by atoms with van der Waals surface area (Å²) in [7, 11) is 1.53. The van der Waals surface area contributed by atoms with Gasteiger partial charge >= 0.3 is 6.03 Å². The van der Waals surface area contributed by atoms with Crippen LogP contribution in [0.15, 0.2) is 12.1 Å². The Morgan fingerprint density at radius 3 is 2.61 bits per heavy atom. The van der Waals surface area contributed by atoms with E-state index in [1.807, 2.05) is 6.92 Å². The Bertz CT molecular complexity index is 908. The van der Waals surface area contributed by atoms with Gasteiger partial charge in [-0.25, -0.2) is 9.18 Å². The molecule has 4 rings (SSSR count). The maximum atomic E-state index is 14.9. The third-order valence-corrected chi connectivity index (χ3v) is 8.37. The molecule has 9 heteroatoms. The molecule has 3 aliphatic rings. The number of rotatable bonds is 4. The minimum atomic E-state index is -0.985. The molecule has 0 bridgehead atoms. The Morgan fingerprint density at radius 1 is 1.32 bits per heavy atom. The normalized spacial score (nSPS) is 30.6. The van der Waals surface area contributed by atoms with E-state index in [0.717, 1.165) is 25.7 Å². The lowest BCUT2D eigenvalue weighted by atomic mass is 9.76. The molecule has 3 amide bonds. The second-order valence-electron chi connectivity index (χ2n) is 9.57. The number of likely N-dealkylation sites (N-methyl/N-ethyl adjacent to an activating group) is 1. The molecule has 3 fully saturated rings. The van der Waals surface area contributed by atoms with Crippen molar-refractivity contribution in [2.75, 3.05) is 7.05 Å². The fourth-order valence-corrected chi connectivity index (χ4v) is 6.06. The number of carbonyl (C=O) groups is 2. The van der Waals surface area contributed by atoms with E-state index >= 15 is 0 Å². The van der Waals surface area contributed by atoms with Crippen molar-refractivity contribution >= 4 is 35.1 Å². The summed E-state index contributed by atoms with van der Waals surface area (Å²) in [6, 6.07) is 1.74. The fourth-order valence-electron chi connectivity index (χ4n) is 5.63. The zero-order valence-electron chi connectivity index (χ0n) is 17.7. The predicted molar refractivity (Wildman–Crippen MR) is 116 cm³/mol. The van der Waals surface area contributed by atoms with Crippen LogP contribution in [0.5, 0.6) is 0 Å². The van der Waals surface area contributed by atoms with Gasteiger partial charge in [0, 0.05) is 18.5 Å². The zero-order chi connectivity index (χ0) is 22.6. The number of carbonyl (C=O) groups excluding carboxylic acids is 2. The first-order valence-corrected chi connectivity index (χ1v) is 11.5. The van der Waals surface area contributed by atoms with Crippen LogP contribution in [0.4, 0.5) is 9.18 Å². The summed E-state index contributed by atoms with van der Waals surface area (Å²) in [5, 5.41) is 16.8. The molecule has 1 heterocycles. The molecule has 170 valence electrons. The minimum absolute atomic E-state index is 0.128. The predicted octanol–water partition coefficient (Wildman–Crippen LogP) is 4.38. The van der Waals surface area contributed by atoms with E-state index in [-0.39, 0.29) is 33.0 Å². The molecular formula is C22H28Cl2FN3O3. The molecule has 2 saturated carbocycles. The van der Waals surface area contributed by atoms with Crippen molar-refractivity contribution < 1.29 is 19.1 Å². The molecule has 0 radical (unpaired) electrons. The highest BCUT2D eigenvalue weighted by molar-refractivity contribution is 6.42. The summed E-state index contributed by atoms with van der Waals surface area (Å²) in [4.78, 5) is 26.6. The van der Waals surface area contributed by atoms with Gasteiger partial charge in [0.1, 0.15) is 5.82 Å². The Labute approximate surface area is 191 Å². The van der Waals surface area contributed by atoms with Crippen LogP contribution >= 0.6 is 23.2 Å². The van der Waals surface area contributed by atoms with Crippen molar-refractivity contribution in [3.8, 4) is 0 Å². The Balaban J connectivity index is 1.60. The first-order chi connectivity index (χ1) is 14.6. The molecule has 3 N–H and O–H groups in total. The standard InChI is InChI=1S/C22H28Cl2FN3O3/c1-21(8-3-4-9-21)17(15-14(25)6-5-13(23)16(15)24)26-18(29)12-7-10-22(11-12)19(30)28(2)20(31)27-22/h5-6,12,17,19,30H,3-4,7-11H2,1-2H3,(H,26,29)(H,27,31)/t12?,17-,19?,22?/m1/s1. The van der Waals surface area contributed by atoms with Gasteiger partial charge in [-0.05, 0) is 49.7 Å². The van der Waals surface area contributed by atoms with E-state index < -0.39 is 29.5 Å². The summed E-state index contributed by atoms with van der Waals surface area (Å²) in [5.41, 5.74) is -0.948. The highest BCUT2D eigenvalue weighted by Crippen LogP contribution is 2.50. The summed E-state index contributed by atoms with van der Waals surface area (Å²) in [6.45, 7) is 2.05. The van der Waals surface area contributed by atoms with Crippen LogP contribution < -0.4 is 10.6 Å². The number of halogens is 3. The molecule has 1 aromatic carbocycles. The van der Waals surface area contributed by atoms with E-state index in [9.17, 15) is 19.1 Å². The highest BCUT2D eigenvalue weighted by atomic mass is 35.5. The summed E-state index contributed by atoms with van der Waals surface area (Å²) < 4.78 is 14.9. The van der Waals surface area contributed by atoms with Crippen molar-refractivity contribution in [2.45, 2.75) is 69.7 Å². The van der Waals surface area contributed by atoms with E-state index in [2.05, 4.69) is 10.6 Å². The molecule has 1 aromatic rings. The van der Waals surface area contributed by atoms with Gasteiger partial charge in [0.05, 0.1) is 21.6 Å². The maximum absolute atomic E-state index is 14.9. The molecule has 4 atom stereocenters. The van der Waals surface area contributed by atoms with Gasteiger partial charge < -0.3 is 15.7 Å². The van der Waals surface area contributed by atoms with Crippen LogP contribution in [0.1, 0.15) is 63.5 Å². The first-order valence-electron chi connectivity index (χ1n) is 10.7. The number of benzene rings is 1. The van der Waals surface area contributed by atoms with Crippen LogP contribution in [-0.2, 0) is 4.79 Å². The molecule has 3 unspecified atom stereocenters. The Kier molecular flexibility index (Phi) is 5.90. The monoisotopic (exact) mass is 471 g/mol. The molecule has 1 saturated heterocycles. The summed E-state index contributed by atoms with van der Waals surface area (Å²) in [5.74, 6) is -1.12. The van der Waals surface area contributed by atoms with Gasteiger partial charge in [-0.3, -0.25) is 9.69 Å². The van der Waals surface area contributed by atoms with Crippen LogP contribution in [-0.4, -0.2) is 40.8 Å². The largest absolute Gasteiger partial charge is 0.371 e. The van der Waals surface area contributed by atoms with Gasteiger partial charge in [0.2, 0.25) is 5.91 Å². The van der Waals surface area contributed by atoms with Crippen LogP contribution in [0.2, 0.25) is 10.0 Å². The number of aliphatic hydroxyl groups is 1. The molecule has 1 aliphatic heterocycles. The highest BCUT2D eigenvalue weighted by Gasteiger charge is 2.55. The van der Waals surface area contributed by atoms with Crippen LogP contribution in [0.25, 0.3) is 0 Å². The fraction of sp³-hybridized carbons (Fsp3) is 0.636. The Hall–Kier alpha value is -1.57. The second kappa shape index (κ2) is 8.09. The summed E-state index contributed by atoms with van der Waals surface area (Å²) in [6.07, 6.45) is 4.04. The van der Waals surface area contributed by atoms with Gasteiger partial charge in [0.25, 0.3) is 0 Å². The SMILES string of the molecule is CN1C(=O)NC2(CCC(C(=O)N[C@H](c3c(F)ccc(Cl)c3Cl)C3(C)CCCC3)C2)C1O. The number of nitrogens with zero attached hydrogens (tertiary/aromatic N) is 1. The average Bonchev–Trinajstić information content (AvgIpc) is 3.41. The topological polar surface area (TPSA) is 81.7 Å². The van der Waals surface area contributed by atoms with Crippen molar-refractivity contribution in [3.63, 3.8) is 0 Å². The summed E-state index contributed by atoms with van der Waals surface area (Å²) >= 11 is 12.6. The minimum Gasteiger partial charge on any atom is -0.371 e. The number of nitrogens with one attached hydrogen (secondary N) is 2. The van der Waals surface area contributed by atoms with Crippen molar-refractivity contribution in [3.05, 3.63) is 33.6 Å². The van der Waals surface area contributed by atoms with Crippen LogP contribution in [0.3, 0.4) is 0 Å². The number of amides is 3. The van der Waals surface area contributed by atoms with Gasteiger partial charge in [-0.1, -0.05) is 43.0 Å². The zero-order valence-corrected chi connectivity index (χ0v) is 19.2. The van der Waals surface area contributed by atoms with E-state index in [1.165, 1.54) is 24.1 Å². The maximum Gasteiger partial charge on any atom is 0.319 e. The van der Waals surface area contributed by atoms with Gasteiger partial charge in [-0.15, -0.1) is 0 Å². The number of hydrogen-bond donors (Lipinski definition) is 3. The lowest BCUT2D eigenvalue weighted by Crippen LogP contribution is -2.48. The number of aliphatic hydroxyl groups excluding tert-OH is 1. The van der Waals surface area contributed by atoms with Crippen molar-refractivity contribution in [1.82, 2.24) is 15.5 Å². The van der Waals surface area contributed by atoms with E-state index in [0.29, 0.717) is 19.3 Å². The third-order valence-electron chi connectivity index (χ3n) is 7.56. The van der Waals surface area contributed by atoms with Gasteiger partial charge in [0.15, 0.2) is 6.23 Å². The average molecular weight is 472 g/mol. The molecule has 31 heavy (non-hydrogen) atoms. The lowest BCUT2D eigenvalue weighted by molar-refractivity contribution is -0.126.